The molecule has 0 aromatic heterocycles. The molecule has 10 nitrogen and oxygen atoms in total. The molecule has 1 aromatic carbocycles. The Balaban J connectivity index is 2.22. The lowest BCUT2D eigenvalue weighted by Gasteiger charge is -2.42. The van der Waals surface area contributed by atoms with Gasteiger partial charge in [-0.1, -0.05) is 19.9 Å². The summed E-state index contributed by atoms with van der Waals surface area (Å²) in [5, 5.41) is 11.7. The molecular formula is C21H29ClN2O8. The number of nitro benzene ring substituents is 1. The van der Waals surface area contributed by atoms with E-state index in [4.69, 9.17) is 30.5 Å². The minimum absolute atomic E-state index is 0.0252. The number of nitrogens with zero attached hydrogens (tertiary/aromatic N) is 2. The van der Waals surface area contributed by atoms with E-state index < -0.39 is 29.4 Å². The van der Waals surface area contributed by atoms with Gasteiger partial charge >= 0.3 is 17.7 Å². The summed E-state index contributed by atoms with van der Waals surface area (Å²) in [4.78, 5) is 35.9. The molecule has 32 heavy (non-hydrogen) atoms. The van der Waals surface area contributed by atoms with Gasteiger partial charge < -0.3 is 18.9 Å². The van der Waals surface area contributed by atoms with E-state index >= 15 is 0 Å². The third-order valence-electron chi connectivity index (χ3n) is 5.62. The zero-order valence-electron chi connectivity index (χ0n) is 18.8. The quantitative estimate of drug-likeness (QED) is 0.182. The number of halogens is 1. The van der Waals surface area contributed by atoms with Gasteiger partial charge in [0.25, 0.3) is 0 Å². The van der Waals surface area contributed by atoms with Crippen LogP contribution in [0.1, 0.15) is 40.2 Å². The van der Waals surface area contributed by atoms with Crippen molar-refractivity contribution in [3.8, 4) is 5.75 Å². The van der Waals surface area contributed by atoms with Gasteiger partial charge in [0.2, 0.25) is 6.29 Å². The number of rotatable bonds is 8. The normalized spacial score (nSPS) is 25.0. The van der Waals surface area contributed by atoms with Gasteiger partial charge in [-0.3, -0.25) is 19.8 Å². The maximum absolute atomic E-state index is 11.9. The molecular weight excluding hydrogens is 444 g/mol. The fraction of sp³-hybridized carbons (Fsp3) is 0.619. The maximum atomic E-state index is 11.9. The van der Waals surface area contributed by atoms with Gasteiger partial charge in [-0.05, 0) is 31.4 Å². The Kier molecular flexibility index (Phi) is 9.09. The van der Waals surface area contributed by atoms with Gasteiger partial charge in [-0.15, -0.1) is 11.6 Å². The molecule has 1 saturated heterocycles. The molecule has 1 aromatic rings. The summed E-state index contributed by atoms with van der Waals surface area (Å²) >= 11 is 5.67. The third-order valence-corrected chi connectivity index (χ3v) is 5.91. The van der Waals surface area contributed by atoms with Gasteiger partial charge in [0.05, 0.1) is 17.0 Å². The van der Waals surface area contributed by atoms with Crippen molar-refractivity contribution < 1.29 is 33.5 Å². The van der Waals surface area contributed by atoms with Crippen LogP contribution in [-0.2, 0) is 25.6 Å². The predicted molar refractivity (Wildman–Crippen MR) is 115 cm³/mol. The fourth-order valence-corrected chi connectivity index (χ4v) is 3.62. The largest absolute Gasteiger partial charge is 0.456 e. The Morgan fingerprint density at radius 1 is 1.25 bits per heavy atom. The van der Waals surface area contributed by atoms with Crippen LogP contribution in [-0.4, -0.2) is 52.9 Å². The Morgan fingerprint density at radius 3 is 2.50 bits per heavy atom. The van der Waals surface area contributed by atoms with E-state index in [2.05, 4.69) is 0 Å². The first-order valence-corrected chi connectivity index (χ1v) is 10.9. The van der Waals surface area contributed by atoms with Crippen molar-refractivity contribution in [3.05, 3.63) is 33.9 Å². The molecule has 1 aliphatic rings. The second kappa shape index (κ2) is 11.3. The van der Waals surface area contributed by atoms with Crippen LogP contribution >= 0.6 is 11.6 Å². The van der Waals surface area contributed by atoms with Gasteiger partial charge in [0.1, 0.15) is 6.61 Å². The molecule has 2 rings (SSSR count). The third kappa shape index (κ3) is 6.23. The van der Waals surface area contributed by atoms with Crippen LogP contribution in [0.2, 0.25) is 0 Å². The van der Waals surface area contributed by atoms with E-state index in [0.717, 1.165) is 0 Å². The van der Waals surface area contributed by atoms with Gasteiger partial charge in [-0.2, -0.15) is 0 Å². The van der Waals surface area contributed by atoms with E-state index in [0.29, 0.717) is 12.1 Å². The molecule has 1 fully saturated rings. The van der Waals surface area contributed by atoms with Gasteiger partial charge in [-0.25, -0.2) is 4.79 Å². The SMILES string of the molecule is CCN(CCl)C(=O)OCc1ccc(O[C@@H]2OC(C)[C@@H](C)[C@H](C)C2OC(C)=O)c([N+](=O)[O-])c1. The number of alkyl halides is 1. The van der Waals surface area contributed by atoms with Crippen molar-refractivity contribution >= 4 is 29.4 Å². The van der Waals surface area contributed by atoms with Crippen LogP contribution in [0, 0.1) is 22.0 Å². The molecule has 1 aliphatic heterocycles. The van der Waals surface area contributed by atoms with Crippen molar-refractivity contribution in [2.75, 3.05) is 12.5 Å². The van der Waals surface area contributed by atoms with E-state index in [-0.39, 0.29) is 42.0 Å². The standard InChI is InChI=1S/C21H29ClN2O8/c1-6-23(11-22)21(26)29-10-16-7-8-18(17(9-16)24(27)28)32-20-19(31-15(5)25)13(3)12(2)14(4)30-20/h7-9,12-14,19-20H,6,10-11H2,1-5H3/t12-,13-,14?,19?,20-/m0/s1. The van der Waals surface area contributed by atoms with E-state index in [1.807, 2.05) is 20.8 Å². The summed E-state index contributed by atoms with van der Waals surface area (Å²) in [6.07, 6.45) is -2.57. The first-order chi connectivity index (χ1) is 15.1. The fourth-order valence-electron chi connectivity index (χ4n) is 3.36. The first kappa shape index (κ1) is 25.7. The molecule has 11 heteroatoms. The molecule has 1 amide bonds. The minimum atomic E-state index is -1.01. The summed E-state index contributed by atoms with van der Waals surface area (Å²) < 4.78 is 22.3. The zero-order valence-corrected chi connectivity index (χ0v) is 19.5. The van der Waals surface area contributed by atoms with Crippen LogP contribution in [0.4, 0.5) is 10.5 Å². The predicted octanol–water partition coefficient (Wildman–Crippen LogP) is 4.08. The van der Waals surface area contributed by atoms with Crippen LogP contribution in [0.25, 0.3) is 0 Å². The van der Waals surface area contributed by atoms with Crippen molar-refractivity contribution in [2.24, 2.45) is 11.8 Å². The highest BCUT2D eigenvalue weighted by Gasteiger charge is 2.44. The van der Waals surface area contributed by atoms with Crippen LogP contribution < -0.4 is 4.74 Å². The van der Waals surface area contributed by atoms with Crippen molar-refractivity contribution in [3.63, 3.8) is 0 Å². The minimum Gasteiger partial charge on any atom is -0.456 e. The zero-order chi connectivity index (χ0) is 24.0. The lowest BCUT2D eigenvalue weighted by atomic mass is 9.84. The monoisotopic (exact) mass is 472 g/mol. The number of benzene rings is 1. The number of ether oxygens (including phenoxy) is 4. The smallest absolute Gasteiger partial charge is 0.411 e. The molecule has 1 heterocycles. The number of nitro groups is 1. The lowest BCUT2D eigenvalue weighted by molar-refractivity contribution is -0.387. The first-order valence-electron chi connectivity index (χ1n) is 10.3. The molecule has 0 radical (unpaired) electrons. The number of esters is 1. The number of hydrogen-bond acceptors (Lipinski definition) is 8. The highest BCUT2D eigenvalue weighted by Crippen LogP contribution is 2.36. The van der Waals surface area contributed by atoms with Gasteiger partial charge in [0.15, 0.2) is 11.9 Å². The van der Waals surface area contributed by atoms with Crippen molar-refractivity contribution in [1.29, 1.82) is 0 Å². The number of carbonyl (C=O) groups is 2. The molecule has 0 aliphatic carbocycles. The molecule has 5 atom stereocenters. The summed E-state index contributed by atoms with van der Waals surface area (Å²) in [5.41, 5.74) is 0.0758. The average Bonchev–Trinajstić information content (AvgIpc) is 2.74. The van der Waals surface area contributed by atoms with Gasteiger partial charge in [0, 0.05) is 25.5 Å². The van der Waals surface area contributed by atoms with Crippen molar-refractivity contribution in [2.45, 2.75) is 59.7 Å². The number of carbonyl (C=O) groups excluding carboxylic acids is 2. The Bertz CT molecular complexity index is 832. The van der Waals surface area contributed by atoms with Crippen LogP contribution in [0.3, 0.4) is 0 Å². The lowest BCUT2D eigenvalue weighted by Crippen LogP contribution is -2.52. The second-order valence-electron chi connectivity index (χ2n) is 7.71. The highest BCUT2D eigenvalue weighted by molar-refractivity contribution is 6.18. The number of amides is 1. The molecule has 0 N–H and O–H groups in total. The molecule has 0 spiro atoms. The number of hydrogen-bond donors (Lipinski definition) is 0. The Morgan fingerprint density at radius 2 is 1.94 bits per heavy atom. The Labute approximate surface area is 191 Å². The van der Waals surface area contributed by atoms with E-state index in [1.165, 1.54) is 24.0 Å². The Hall–Kier alpha value is -2.59. The summed E-state index contributed by atoms with van der Waals surface area (Å²) in [7, 11) is 0. The molecule has 0 bridgehead atoms. The summed E-state index contributed by atoms with van der Waals surface area (Å²) in [6, 6.07) is 4.19. The topological polar surface area (TPSA) is 117 Å². The van der Waals surface area contributed by atoms with Crippen LogP contribution in [0.5, 0.6) is 5.75 Å². The highest BCUT2D eigenvalue weighted by atomic mass is 35.5. The molecule has 178 valence electrons. The maximum Gasteiger partial charge on any atom is 0.411 e. The summed E-state index contributed by atoms with van der Waals surface area (Å²) in [6.45, 7) is 9.00. The van der Waals surface area contributed by atoms with Crippen molar-refractivity contribution in [1.82, 2.24) is 4.90 Å². The second-order valence-corrected chi connectivity index (χ2v) is 7.95. The molecule has 0 saturated carbocycles. The average molecular weight is 473 g/mol. The van der Waals surface area contributed by atoms with E-state index in [1.54, 1.807) is 13.0 Å². The van der Waals surface area contributed by atoms with E-state index in [9.17, 15) is 19.7 Å². The van der Waals surface area contributed by atoms with Crippen LogP contribution in [0.15, 0.2) is 18.2 Å². The summed E-state index contributed by atoms with van der Waals surface area (Å²) in [5.74, 6) is -0.543. The molecule has 2 unspecified atom stereocenters.